The maximum atomic E-state index is 5.09. The van der Waals surface area contributed by atoms with Crippen LogP contribution in [0.2, 0.25) is 19.6 Å². The smallest absolute Gasteiger partial charge is 0.165 e. The first kappa shape index (κ1) is 42.5. The number of hydrogen-bond donors (Lipinski definition) is 0. The summed E-state index contributed by atoms with van der Waals surface area (Å²) < 4.78 is 0. The van der Waals surface area contributed by atoms with Crippen molar-refractivity contribution in [3.63, 3.8) is 0 Å². The lowest BCUT2D eigenvalue weighted by Crippen LogP contribution is -2.39. The van der Waals surface area contributed by atoms with Gasteiger partial charge < -0.3 is 0 Å². The fraction of sp³-hybridized carbons (Fsp3) is 0.194. The Balaban J connectivity index is 1.03. The minimum Gasteiger partial charge on any atom is -0.265 e. The third-order valence-electron chi connectivity index (χ3n) is 14.0. The summed E-state index contributed by atoms with van der Waals surface area (Å²) in [4.78, 5) is 20.0. The molecule has 328 valence electrons. The zero-order valence-electron chi connectivity index (χ0n) is 40.0. The summed E-state index contributed by atoms with van der Waals surface area (Å²) >= 11 is 0. The summed E-state index contributed by atoms with van der Waals surface area (Å²) in [7, 11) is -1.58. The van der Waals surface area contributed by atoms with Gasteiger partial charge in [0.2, 0.25) is 0 Å². The van der Waals surface area contributed by atoms with E-state index in [-0.39, 0.29) is 10.8 Å². The van der Waals surface area contributed by atoms with Gasteiger partial charge in [0.05, 0.1) is 5.41 Å². The van der Waals surface area contributed by atoms with Gasteiger partial charge in [-0.15, -0.1) is 0 Å². The molecule has 0 amide bonds. The van der Waals surface area contributed by atoms with Gasteiger partial charge in [-0.25, -0.2) is 15.0 Å². The highest BCUT2D eigenvalue weighted by atomic mass is 28.3. The molecule has 0 radical (unpaired) electrons. The Hall–Kier alpha value is -7.08. The molecule has 9 aromatic rings. The van der Waals surface area contributed by atoms with Gasteiger partial charge in [-0.2, -0.15) is 0 Å². The van der Waals surface area contributed by atoms with Gasteiger partial charge in [-0.3, -0.25) is 4.98 Å². The van der Waals surface area contributed by atoms with Gasteiger partial charge >= 0.3 is 0 Å². The van der Waals surface area contributed by atoms with E-state index < -0.39 is 13.5 Å². The van der Waals surface area contributed by atoms with Gasteiger partial charge in [0.15, 0.2) is 17.5 Å². The van der Waals surface area contributed by atoms with Gasteiger partial charge in [0.1, 0.15) is 8.07 Å². The van der Waals surface area contributed by atoms with Crippen LogP contribution in [0, 0.1) is 0 Å². The highest BCUT2D eigenvalue weighted by Gasteiger charge is 2.52. The molecule has 11 rings (SSSR count). The summed E-state index contributed by atoms with van der Waals surface area (Å²) in [6, 6.07) is 62.8. The van der Waals surface area contributed by atoms with E-state index in [4.69, 9.17) is 19.9 Å². The molecule has 0 saturated heterocycles. The SMILES string of the molecule is CC(C)(C)c1ccc2c(c1)C1(c3ccccc3-c3ccc(-c4cccc(-c5cccc(-c6nc(-c7ccccc7)nc(-c7ccc([Si](C)(C)C)nc7)n6)c5)c4)cc31)c1cc(C(C)(C)C)ccc1-2. The quantitative estimate of drug-likeness (QED) is 0.156. The molecule has 1 spiro atoms. The molecule has 0 fully saturated rings. The highest BCUT2D eigenvalue weighted by molar-refractivity contribution is 6.88. The lowest BCUT2D eigenvalue weighted by Gasteiger charge is -2.33. The lowest BCUT2D eigenvalue weighted by atomic mass is 9.68. The Bertz CT molecular complexity index is 3340. The van der Waals surface area contributed by atoms with Crippen LogP contribution in [0.1, 0.15) is 74.9 Å². The minimum atomic E-state index is -1.58. The van der Waals surface area contributed by atoms with Gasteiger partial charge in [0.25, 0.3) is 0 Å². The molecule has 2 heterocycles. The summed E-state index contributed by atoms with van der Waals surface area (Å²) in [6.07, 6.45) is 1.92. The molecule has 0 bridgehead atoms. The van der Waals surface area contributed by atoms with E-state index in [1.165, 1.54) is 66.8 Å². The van der Waals surface area contributed by atoms with E-state index in [1.54, 1.807) is 0 Å². The largest absolute Gasteiger partial charge is 0.265 e. The number of pyridine rings is 1. The first-order chi connectivity index (χ1) is 32.1. The van der Waals surface area contributed by atoms with E-state index in [0.717, 1.165) is 33.1 Å². The zero-order chi connectivity index (χ0) is 46.5. The Labute approximate surface area is 397 Å². The van der Waals surface area contributed by atoms with E-state index in [1.807, 2.05) is 36.5 Å². The Kier molecular flexibility index (Phi) is 9.84. The van der Waals surface area contributed by atoms with E-state index in [9.17, 15) is 0 Å². The number of fused-ring (bicyclic) bond motifs is 10. The number of nitrogens with zero attached hydrogens (tertiary/aromatic N) is 4. The number of hydrogen-bond acceptors (Lipinski definition) is 4. The van der Waals surface area contributed by atoms with Crippen molar-refractivity contribution < 1.29 is 0 Å². The third-order valence-corrected chi connectivity index (χ3v) is 15.9. The molecule has 4 nitrogen and oxygen atoms in total. The minimum absolute atomic E-state index is 0.00485. The molecule has 2 aliphatic carbocycles. The topological polar surface area (TPSA) is 51.6 Å². The van der Waals surface area contributed by atoms with Crippen LogP contribution in [0.25, 0.3) is 78.7 Å². The molecule has 0 saturated carbocycles. The number of benzene rings is 7. The van der Waals surface area contributed by atoms with Crippen LogP contribution in [0.3, 0.4) is 0 Å². The first-order valence-electron chi connectivity index (χ1n) is 23.6. The Morgan fingerprint density at radius 1 is 0.358 bits per heavy atom. The molecular formula is C62H56N4Si. The van der Waals surface area contributed by atoms with Crippen molar-refractivity contribution in [2.24, 2.45) is 0 Å². The van der Waals surface area contributed by atoms with Gasteiger partial charge in [-0.1, -0.05) is 201 Å². The van der Waals surface area contributed by atoms with Crippen LogP contribution in [0.5, 0.6) is 0 Å². The van der Waals surface area contributed by atoms with Crippen molar-refractivity contribution in [2.45, 2.75) is 77.4 Å². The summed E-state index contributed by atoms with van der Waals surface area (Å²) in [6.45, 7) is 20.9. The molecular weight excluding hydrogens is 829 g/mol. The zero-order valence-corrected chi connectivity index (χ0v) is 41.0. The Morgan fingerprint density at radius 2 is 0.791 bits per heavy atom. The molecule has 0 unspecified atom stereocenters. The summed E-state index contributed by atoms with van der Waals surface area (Å²) in [5, 5.41) is 1.16. The van der Waals surface area contributed by atoms with Gasteiger partial charge in [0, 0.05) is 28.2 Å². The standard InChI is InChI=1S/C62H56N4Si/c1-60(2,3)46-27-30-50-51-31-28-47(61(4,5)6)37-55(51)62(54(50)36-46)52-24-14-13-23-48(52)49-29-25-43(35-53(49)62)41-20-15-19-40(33-41)42-21-16-22-44(34-42)58-64-57(39-17-11-10-12-18-39)65-59(66-58)45-26-32-56(63-38-45)67(7,8)9/h10-38H,1-9H3. The average Bonchev–Trinajstić information content (AvgIpc) is 3.80. The maximum absolute atomic E-state index is 5.09. The highest BCUT2D eigenvalue weighted by Crippen LogP contribution is 2.64. The second kappa shape index (κ2) is 15.5. The first-order valence-corrected chi connectivity index (χ1v) is 27.1. The van der Waals surface area contributed by atoms with Crippen molar-refractivity contribution in [1.29, 1.82) is 0 Å². The fourth-order valence-electron chi connectivity index (χ4n) is 10.3. The molecule has 7 aromatic carbocycles. The molecule has 2 aromatic heterocycles. The van der Waals surface area contributed by atoms with Crippen molar-refractivity contribution in [3.05, 3.63) is 209 Å². The number of rotatable bonds is 6. The van der Waals surface area contributed by atoms with Crippen molar-refractivity contribution >= 4 is 13.4 Å². The number of aromatic nitrogens is 4. The normalized spacial score (nSPS) is 13.6. The third kappa shape index (κ3) is 7.19. The fourth-order valence-corrected chi connectivity index (χ4v) is 11.4. The van der Waals surface area contributed by atoms with Crippen molar-refractivity contribution in [1.82, 2.24) is 19.9 Å². The van der Waals surface area contributed by atoms with Crippen LogP contribution >= 0.6 is 0 Å². The van der Waals surface area contributed by atoms with E-state index >= 15 is 0 Å². The van der Waals surface area contributed by atoms with Crippen LogP contribution in [0.4, 0.5) is 0 Å². The van der Waals surface area contributed by atoms with E-state index in [0.29, 0.717) is 17.5 Å². The molecule has 2 aliphatic rings. The summed E-state index contributed by atoms with van der Waals surface area (Å²) in [5.41, 5.74) is 20.3. The Morgan fingerprint density at radius 3 is 1.34 bits per heavy atom. The van der Waals surface area contributed by atoms with Crippen LogP contribution in [-0.4, -0.2) is 28.0 Å². The molecule has 0 atom stereocenters. The van der Waals surface area contributed by atoms with E-state index in [2.05, 4.69) is 201 Å². The predicted molar refractivity (Wildman–Crippen MR) is 281 cm³/mol. The molecule has 5 heteroatoms. The second-order valence-corrected chi connectivity index (χ2v) is 26.6. The van der Waals surface area contributed by atoms with Gasteiger partial charge in [-0.05, 0) is 119 Å². The average molecular weight is 885 g/mol. The van der Waals surface area contributed by atoms with Crippen molar-refractivity contribution in [2.75, 3.05) is 0 Å². The second-order valence-electron chi connectivity index (χ2n) is 21.6. The van der Waals surface area contributed by atoms with Crippen LogP contribution < -0.4 is 5.32 Å². The molecule has 0 N–H and O–H groups in total. The summed E-state index contributed by atoms with van der Waals surface area (Å²) in [5.74, 6) is 1.87. The molecule has 0 aliphatic heterocycles. The lowest BCUT2D eigenvalue weighted by molar-refractivity contribution is 0.586. The monoisotopic (exact) mass is 884 g/mol. The maximum Gasteiger partial charge on any atom is 0.165 e. The van der Waals surface area contributed by atoms with Crippen LogP contribution in [-0.2, 0) is 16.2 Å². The predicted octanol–water partition coefficient (Wildman–Crippen LogP) is 15.1. The molecule has 67 heavy (non-hydrogen) atoms. The van der Waals surface area contributed by atoms with Crippen LogP contribution in [0.15, 0.2) is 176 Å². The van der Waals surface area contributed by atoms with Crippen molar-refractivity contribution in [3.8, 4) is 78.7 Å².